The molecule has 2 heterocycles. The zero-order chi connectivity index (χ0) is 22.6. The molecule has 1 N–H and O–H groups in total. The van der Waals surface area contributed by atoms with E-state index in [0.29, 0.717) is 44.6 Å². The summed E-state index contributed by atoms with van der Waals surface area (Å²) in [5.74, 6) is -0.189. The Kier molecular flexibility index (Phi) is 7.26. The molecule has 0 aromatic heterocycles. The molecule has 0 saturated carbocycles. The van der Waals surface area contributed by atoms with Gasteiger partial charge in [-0.25, -0.2) is 13.2 Å². The third kappa shape index (κ3) is 6.20. The van der Waals surface area contributed by atoms with Gasteiger partial charge in [0.25, 0.3) is 5.91 Å². The molecule has 0 atom stereocenters. The van der Waals surface area contributed by atoms with Crippen LogP contribution in [0.3, 0.4) is 0 Å². The summed E-state index contributed by atoms with van der Waals surface area (Å²) in [6.07, 6.45) is 3.57. The lowest BCUT2D eigenvalue weighted by Gasteiger charge is -2.33. The lowest BCUT2D eigenvalue weighted by atomic mass is 10.0. The Balaban J connectivity index is 1.60. The molecule has 3 rings (SSSR count). The number of amides is 2. The molecule has 172 valence electrons. The Hall–Kier alpha value is -2.13. The second kappa shape index (κ2) is 9.56. The lowest BCUT2D eigenvalue weighted by molar-refractivity contribution is 0.0473. The molecule has 0 spiro atoms. The number of benzene rings is 1. The van der Waals surface area contributed by atoms with Crippen LogP contribution in [-0.4, -0.2) is 67.4 Å². The van der Waals surface area contributed by atoms with Gasteiger partial charge in [0.15, 0.2) is 0 Å². The van der Waals surface area contributed by atoms with Gasteiger partial charge in [0, 0.05) is 37.8 Å². The molecule has 9 heteroatoms. The Morgan fingerprint density at radius 3 is 2.29 bits per heavy atom. The van der Waals surface area contributed by atoms with Gasteiger partial charge in [0.2, 0.25) is 10.0 Å². The summed E-state index contributed by atoms with van der Waals surface area (Å²) in [4.78, 5) is 26.8. The van der Waals surface area contributed by atoms with Crippen molar-refractivity contribution in [1.29, 1.82) is 0 Å². The standard InChI is InChI=1S/C22H33N3O5S/c1-22(2,3)30-21(27)23-18-10-14-24(15-11-18)20(26)17-8-7-9-19(16-17)31(28,29)25-12-5-4-6-13-25/h7-9,16,18H,4-6,10-15H2,1-3H3,(H,23,27). The molecule has 0 radical (unpaired) electrons. The largest absolute Gasteiger partial charge is 0.444 e. The van der Waals surface area contributed by atoms with Crippen molar-refractivity contribution in [3.05, 3.63) is 29.8 Å². The number of carbonyl (C=O) groups excluding carboxylic acids is 2. The van der Waals surface area contributed by atoms with Gasteiger partial charge in [0.05, 0.1) is 4.90 Å². The lowest BCUT2D eigenvalue weighted by Crippen LogP contribution is -2.47. The monoisotopic (exact) mass is 451 g/mol. The van der Waals surface area contributed by atoms with Gasteiger partial charge in [-0.2, -0.15) is 4.31 Å². The number of likely N-dealkylation sites (tertiary alicyclic amines) is 1. The second-order valence-corrected chi connectivity index (χ2v) is 11.1. The first-order valence-corrected chi connectivity index (χ1v) is 12.4. The van der Waals surface area contributed by atoms with Crippen LogP contribution in [0.2, 0.25) is 0 Å². The van der Waals surface area contributed by atoms with Gasteiger partial charge in [-0.3, -0.25) is 4.79 Å². The number of ether oxygens (including phenoxy) is 1. The van der Waals surface area contributed by atoms with E-state index in [1.807, 2.05) is 20.8 Å². The van der Waals surface area contributed by atoms with Crippen molar-refractivity contribution in [2.24, 2.45) is 0 Å². The van der Waals surface area contributed by atoms with Crippen LogP contribution < -0.4 is 5.32 Å². The highest BCUT2D eigenvalue weighted by molar-refractivity contribution is 7.89. The number of hydrogen-bond acceptors (Lipinski definition) is 5. The van der Waals surface area contributed by atoms with E-state index in [2.05, 4.69) is 5.32 Å². The smallest absolute Gasteiger partial charge is 0.407 e. The average Bonchev–Trinajstić information content (AvgIpc) is 2.73. The Morgan fingerprint density at radius 1 is 1.03 bits per heavy atom. The molecule has 31 heavy (non-hydrogen) atoms. The number of carbonyl (C=O) groups is 2. The van der Waals surface area contributed by atoms with Crippen LogP contribution in [-0.2, 0) is 14.8 Å². The molecule has 0 aliphatic carbocycles. The Morgan fingerprint density at radius 2 is 1.68 bits per heavy atom. The first-order chi connectivity index (χ1) is 14.6. The van der Waals surface area contributed by atoms with Crippen LogP contribution in [0.25, 0.3) is 0 Å². The van der Waals surface area contributed by atoms with Crippen molar-refractivity contribution in [2.45, 2.75) is 69.4 Å². The summed E-state index contributed by atoms with van der Waals surface area (Å²) in [5, 5.41) is 2.86. The first-order valence-electron chi connectivity index (χ1n) is 11.0. The minimum absolute atomic E-state index is 0.0512. The van der Waals surface area contributed by atoms with Crippen molar-refractivity contribution < 1.29 is 22.7 Å². The van der Waals surface area contributed by atoms with Crippen LogP contribution in [0.1, 0.15) is 63.2 Å². The quantitative estimate of drug-likeness (QED) is 0.759. The SMILES string of the molecule is CC(C)(C)OC(=O)NC1CCN(C(=O)c2cccc(S(=O)(=O)N3CCCCC3)c2)CC1. The number of piperidine rings is 2. The average molecular weight is 452 g/mol. The summed E-state index contributed by atoms with van der Waals surface area (Å²) in [6, 6.07) is 6.27. The number of nitrogens with one attached hydrogen (secondary N) is 1. The fourth-order valence-electron chi connectivity index (χ4n) is 3.93. The van der Waals surface area contributed by atoms with Gasteiger partial charge < -0.3 is 15.0 Å². The molecule has 2 saturated heterocycles. The molecule has 1 aromatic rings. The highest BCUT2D eigenvalue weighted by Crippen LogP contribution is 2.22. The minimum atomic E-state index is -3.58. The molecule has 1 aromatic carbocycles. The van der Waals surface area contributed by atoms with E-state index in [-0.39, 0.29) is 16.8 Å². The van der Waals surface area contributed by atoms with Gasteiger partial charge >= 0.3 is 6.09 Å². The van der Waals surface area contributed by atoms with Gasteiger partial charge in [-0.1, -0.05) is 12.5 Å². The molecule has 0 bridgehead atoms. The van der Waals surface area contributed by atoms with E-state index < -0.39 is 21.7 Å². The highest BCUT2D eigenvalue weighted by Gasteiger charge is 2.29. The molecule has 0 unspecified atom stereocenters. The zero-order valence-electron chi connectivity index (χ0n) is 18.6. The summed E-state index contributed by atoms with van der Waals surface area (Å²) < 4.78 is 32.7. The highest BCUT2D eigenvalue weighted by atomic mass is 32.2. The fraction of sp³-hybridized carbons (Fsp3) is 0.636. The van der Waals surface area contributed by atoms with E-state index in [1.54, 1.807) is 23.1 Å². The maximum absolute atomic E-state index is 13.0. The maximum atomic E-state index is 13.0. The van der Waals surface area contributed by atoms with Crippen LogP contribution >= 0.6 is 0 Å². The number of rotatable bonds is 4. The van der Waals surface area contributed by atoms with Crippen molar-refractivity contribution in [3.8, 4) is 0 Å². The van der Waals surface area contributed by atoms with Gasteiger partial charge in [-0.05, 0) is 64.7 Å². The van der Waals surface area contributed by atoms with Crippen LogP contribution in [0.15, 0.2) is 29.2 Å². The number of sulfonamides is 1. The number of nitrogens with zero attached hydrogens (tertiary/aromatic N) is 2. The number of alkyl carbamates (subject to hydrolysis) is 1. The predicted octanol–water partition coefficient (Wildman–Crippen LogP) is 2.99. The van der Waals surface area contributed by atoms with Crippen LogP contribution in [0, 0.1) is 0 Å². The van der Waals surface area contributed by atoms with Crippen LogP contribution in [0.5, 0.6) is 0 Å². The fourth-order valence-corrected chi connectivity index (χ4v) is 5.49. The molecule has 2 aliphatic rings. The normalized spacial score (nSPS) is 19.1. The van der Waals surface area contributed by atoms with E-state index >= 15 is 0 Å². The van der Waals surface area contributed by atoms with E-state index in [9.17, 15) is 18.0 Å². The summed E-state index contributed by atoms with van der Waals surface area (Å²) in [7, 11) is -3.58. The van der Waals surface area contributed by atoms with Gasteiger partial charge in [-0.15, -0.1) is 0 Å². The minimum Gasteiger partial charge on any atom is -0.444 e. The van der Waals surface area contributed by atoms with Gasteiger partial charge in [0.1, 0.15) is 5.60 Å². The van der Waals surface area contributed by atoms with Crippen molar-refractivity contribution in [2.75, 3.05) is 26.2 Å². The maximum Gasteiger partial charge on any atom is 0.407 e. The van der Waals surface area contributed by atoms with Crippen LogP contribution in [0.4, 0.5) is 4.79 Å². The third-order valence-electron chi connectivity index (χ3n) is 5.54. The molecule has 2 aliphatic heterocycles. The summed E-state index contributed by atoms with van der Waals surface area (Å²) in [5.41, 5.74) is -0.183. The van der Waals surface area contributed by atoms with E-state index in [4.69, 9.17) is 4.74 Å². The Labute approximate surface area is 185 Å². The Bertz CT molecular complexity index is 896. The number of hydrogen-bond donors (Lipinski definition) is 1. The molecule has 8 nitrogen and oxygen atoms in total. The zero-order valence-corrected chi connectivity index (χ0v) is 19.4. The molecule has 2 amide bonds. The molecular formula is C22H33N3O5S. The molecular weight excluding hydrogens is 418 g/mol. The van der Waals surface area contributed by atoms with Crippen molar-refractivity contribution in [1.82, 2.24) is 14.5 Å². The van der Waals surface area contributed by atoms with E-state index in [1.165, 1.54) is 10.4 Å². The summed E-state index contributed by atoms with van der Waals surface area (Å²) >= 11 is 0. The molecule has 2 fully saturated rings. The third-order valence-corrected chi connectivity index (χ3v) is 7.43. The first kappa shape index (κ1) is 23.5. The topological polar surface area (TPSA) is 96.0 Å². The van der Waals surface area contributed by atoms with Crippen molar-refractivity contribution in [3.63, 3.8) is 0 Å². The second-order valence-electron chi connectivity index (χ2n) is 9.21. The summed E-state index contributed by atoms with van der Waals surface area (Å²) in [6.45, 7) is 7.47. The predicted molar refractivity (Wildman–Crippen MR) is 117 cm³/mol. The van der Waals surface area contributed by atoms with E-state index in [0.717, 1.165) is 19.3 Å². The van der Waals surface area contributed by atoms with Crippen molar-refractivity contribution >= 4 is 22.0 Å².